The number of fused-ring (bicyclic) bond motifs is 1. The summed E-state index contributed by atoms with van der Waals surface area (Å²) in [4.78, 5) is 27.8. The second-order valence-electron chi connectivity index (χ2n) is 8.27. The van der Waals surface area contributed by atoms with E-state index in [1.165, 1.54) is 0 Å². The molecule has 0 radical (unpaired) electrons. The van der Waals surface area contributed by atoms with E-state index < -0.39 is 6.04 Å². The molecule has 1 aromatic heterocycles. The number of rotatable bonds is 9. The average molecular weight is 462 g/mol. The number of aliphatic hydroxyl groups excluding tert-OH is 1. The van der Waals surface area contributed by atoms with E-state index >= 15 is 0 Å². The summed E-state index contributed by atoms with van der Waals surface area (Å²) >= 11 is 0. The van der Waals surface area contributed by atoms with Crippen molar-refractivity contribution >= 4 is 22.7 Å². The largest absolute Gasteiger partial charge is 0.490 e. The highest BCUT2D eigenvalue weighted by Gasteiger charge is 2.19. The fourth-order valence-electron chi connectivity index (χ4n) is 3.60. The molecule has 0 saturated carbocycles. The van der Waals surface area contributed by atoms with Crippen LogP contribution in [-0.4, -0.2) is 47.7 Å². The third-order valence-corrected chi connectivity index (χ3v) is 5.27. The molecule has 0 aliphatic rings. The van der Waals surface area contributed by atoms with Crippen LogP contribution >= 0.6 is 0 Å². The van der Waals surface area contributed by atoms with Gasteiger partial charge in [0.05, 0.1) is 24.3 Å². The molecule has 0 aliphatic heterocycles. The summed E-state index contributed by atoms with van der Waals surface area (Å²) in [6.45, 7) is 3.58. The number of amides is 2. The molecule has 34 heavy (non-hydrogen) atoms. The van der Waals surface area contributed by atoms with Crippen molar-refractivity contribution < 1.29 is 19.4 Å². The molecule has 1 atom stereocenters. The molecule has 178 valence electrons. The van der Waals surface area contributed by atoms with E-state index in [9.17, 15) is 14.7 Å². The van der Waals surface area contributed by atoms with Crippen LogP contribution < -0.4 is 15.4 Å². The van der Waals surface area contributed by atoms with Crippen molar-refractivity contribution in [2.75, 3.05) is 13.7 Å². The van der Waals surface area contributed by atoms with Crippen LogP contribution in [0.5, 0.6) is 5.75 Å². The quantitative estimate of drug-likeness (QED) is 0.368. The molecule has 1 heterocycles. The Morgan fingerprint density at radius 1 is 1.18 bits per heavy atom. The summed E-state index contributed by atoms with van der Waals surface area (Å²) in [6.07, 6.45) is 3.00. The molecule has 0 aliphatic carbocycles. The second kappa shape index (κ2) is 11.9. The Morgan fingerprint density at radius 2 is 1.97 bits per heavy atom. The van der Waals surface area contributed by atoms with Gasteiger partial charge in [-0.25, -0.2) is 0 Å². The van der Waals surface area contributed by atoms with E-state index in [-0.39, 0.29) is 24.5 Å². The number of aliphatic hydroxyl groups is 1. The van der Waals surface area contributed by atoms with Gasteiger partial charge >= 0.3 is 0 Å². The SMILES string of the molecule is CNC(=O)CCC#Cc1ccc(OC(C)C)c(C(=O)N[C@@H](CO)Cc2c[nH]c3ccccc23)c1. The van der Waals surface area contributed by atoms with Crippen LogP contribution in [0.1, 0.15) is 48.2 Å². The molecule has 0 fully saturated rings. The minimum atomic E-state index is -0.471. The Morgan fingerprint density at radius 3 is 2.71 bits per heavy atom. The lowest BCUT2D eigenvalue weighted by Gasteiger charge is -2.19. The van der Waals surface area contributed by atoms with E-state index in [1.807, 2.05) is 44.3 Å². The number of nitrogens with one attached hydrogen (secondary N) is 3. The summed E-state index contributed by atoms with van der Waals surface area (Å²) in [7, 11) is 1.59. The standard InChI is InChI=1S/C27H31N3O4/c1-18(2)34-25-13-12-19(8-4-7-11-26(32)28-3)14-23(25)27(33)30-21(17-31)15-20-16-29-24-10-6-5-9-22(20)24/h5-6,9-10,12-14,16,18,21,29,31H,7,11,15,17H2,1-3H3,(H,28,32)(H,30,33)/t21-/m1/s1. The number of aromatic amines is 1. The maximum absolute atomic E-state index is 13.2. The zero-order chi connectivity index (χ0) is 24.5. The van der Waals surface area contributed by atoms with Crippen LogP contribution in [0, 0.1) is 11.8 Å². The fraction of sp³-hybridized carbons (Fsp3) is 0.333. The lowest BCUT2D eigenvalue weighted by molar-refractivity contribution is -0.120. The number of benzene rings is 2. The molecule has 2 aromatic carbocycles. The average Bonchev–Trinajstić information content (AvgIpc) is 3.24. The van der Waals surface area contributed by atoms with Gasteiger partial charge < -0.3 is 25.5 Å². The summed E-state index contributed by atoms with van der Waals surface area (Å²) < 4.78 is 5.84. The van der Waals surface area contributed by atoms with Crippen LogP contribution in [0.2, 0.25) is 0 Å². The Hall–Kier alpha value is -3.76. The van der Waals surface area contributed by atoms with E-state index in [4.69, 9.17) is 4.74 Å². The topological polar surface area (TPSA) is 103 Å². The number of hydrogen-bond donors (Lipinski definition) is 4. The van der Waals surface area contributed by atoms with Crippen LogP contribution in [0.4, 0.5) is 0 Å². The number of carbonyl (C=O) groups excluding carboxylic acids is 2. The number of hydrogen-bond acceptors (Lipinski definition) is 4. The number of para-hydroxylation sites is 1. The maximum atomic E-state index is 13.2. The van der Waals surface area contributed by atoms with Gasteiger partial charge in [-0.05, 0) is 50.1 Å². The van der Waals surface area contributed by atoms with Crippen molar-refractivity contribution in [2.45, 2.75) is 45.3 Å². The van der Waals surface area contributed by atoms with Crippen LogP contribution in [0.25, 0.3) is 10.9 Å². The van der Waals surface area contributed by atoms with Gasteiger partial charge in [0.1, 0.15) is 5.75 Å². The minimum absolute atomic E-state index is 0.0692. The first-order chi connectivity index (χ1) is 16.4. The number of carbonyl (C=O) groups is 2. The third-order valence-electron chi connectivity index (χ3n) is 5.27. The lowest BCUT2D eigenvalue weighted by atomic mass is 10.0. The smallest absolute Gasteiger partial charge is 0.255 e. The van der Waals surface area contributed by atoms with Gasteiger partial charge in [-0.15, -0.1) is 0 Å². The summed E-state index contributed by atoms with van der Waals surface area (Å²) in [6, 6.07) is 12.6. The Labute approximate surface area is 199 Å². The molecular formula is C27H31N3O4. The second-order valence-corrected chi connectivity index (χ2v) is 8.27. The van der Waals surface area contributed by atoms with E-state index in [0.717, 1.165) is 16.5 Å². The predicted molar refractivity (Wildman–Crippen MR) is 133 cm³/mol. The van der Waals surface area contributed by atoms with Gasteiger partial charge in [0, 0.05) is 42.6 Å². The number of H-pyrrole nitrogens is 1. The van der Waals surface area contributed by atoms with Crippen molar-refractivity contribution in [3.63, 3.8) is 0 Å². The van der Waals surface area contributed by atoms with E-state index in [0.29, 0.717) is 36.1 Å². The molecule has 7 heteroatoms. The molecule has 2 amide bonds. The normalized spacial score (nSPS) is 11.6. The number of aromatic nitrogens is 1. The van der Waals surface area contributed by atoms with Crippen molar-refractivity contribution in [2.24, 2.45) is 0 Å². The molecule has 3 aromatic rings. The summed E-state index contributed by atoms with van der Waals surface area (Å²) in [5, 5.41) is 16.5. The molecule has 0 saturated heterocycles. The van der Waals surface area contributed by atoms with Crippen LogP contribution in [0.15, 0.2) is 48.7 Å². The van der Waals surface area contributed by atoms with Crippen LogP contribution in [0.3, 0.4) is 0 Å². The zero-order valence-corrected chi connectivity index (χ0v) is 19.8. The molecule has 4 N–H and O–H groups in total. The fourth-order valence-corrected chi connectivity index (χ4v) is 3.60. The molecule has 0 bridgehead atoms. The van der Waals surface area contributed by atoms with Crippen molar-refractivity contribution in [3.05, 3.63) is 65.4 Å². The molecule has 0 unspecified atom stereocenters. The predicted octanol–water partition coefficient (Wildman–Crippen LogP) is 3.17. The first kappa shape index (κ1) is 24.9. The highest BCUT2D eigenvalue weighted by Crippen LogP contribution is 2.23. The van der Waals surface area contributed by atoms with Crippen molar-refractivity contribution in [1.29, 1.82) is 0 Å². The zero-order valence-electron chi connectivity index (χ0n) is 19.8. The first-order valence-electron chi connectivity index (χ1n) is 11.4. The van der Waals surface area contributed by atoms with Crippen molar-refractivity contribution in [1.82, 2.24) is 15.6 Å². The van der Waals surface area contributed by atoms with Crippen molar-refractivity contribution in [3.8, 4) is 17.6 Å². The molecule has 0 spiro atoms. The van der Waals surface area contributed by atoms with E-state index in [1.54, 1.807) is 25.2 Å². The minimum Gasteiger partial charge on any atom is -0.490 e. The van der Waals surface area contributed by atoms with Gasteiger partial charge in [-0.2, -0.15) is 0 Å². The molecule has 7 nitrogen and oxygen atoms in total. The third kappa shape index (κ3) is 6.63. The van der Waals surface area contributed by atoms with Gasteiger partial charge in [0.2, 0.25) is 5.91 Å². The maximum Gasteiger partial charge on any atom is 0.255 e. The highest BCUT2D eigenvalue weighted by atomic mass is 16.5. The Balaban J connectivity index is 1.78. The summed E-state index contributed by atoms with van der Waals surface area (Å²) in [5.74, 6) is 6.01. The Kier molecular flexibility index (Phi) is 8.72. The molecular weight excluding hydrogens is 430 g/mol. The van der Waals surface area contributed by atoms with Gasteiger partial charge in [-0.1, -0.05) is 30.0 Å². The first-order valence-corrected chi connectivity index (χ1v) is 11.4. The Bertz CT molecular complexity index is 1200. The van der Waals surface area contributed by atoms with E-state index in [2.05, 4.69) is 27.5 Å². The lowest BCUT2D eigenvalue weighted by Crippen LogP contribution is -2.39. The monoisotopic (exact) mass is 461 g/mol. The number of ether oxygens (including phenoxy) is 1. The molecule has 3 rings (SSSR count). The van der Waals surface area contributed by atoms with Crippen LogP contribution in [-0.2, 0) is 11.2 Å². The van der Waals surface area contributed by atoms with Gasteiger partial charge in [0.15, 0.2) is 0 Å². The van der Waals surface area contributed by atoms with Gasteiger partial charge in [0.25, 0.3) is 5.91 Å². The van der Waals surface area contributed by atoms with Gasteiger partial charge in [-0.3, -0.25) is 9.59 Å². The highest BCUT2D eigenvalue weighted by molar-refractivity contribution is 5.97. The summed E-state index contributed by atoms with van der Waals surface area (Å²) in [5.41, 5.74) is 3.03.